The first-order chi connectivity index (χ1) is 49.3. The number of methoxy groups -OCH3 is 2. The van der Waals surface area contributed by atoms with Gasteiger partial charge >= 0.3 is 43.8 Å². The van der Waals surface area contributed by atoms with Crippen LogP contribution in [0.15, 0.2) is 187 Å². The Kier molecular flexibility index (Phi) is 29.7. The number of fused-ring (bicyclic) bond motifs is 2. The lowest BCUT2D eigenvalue weighted by molar-refractivity contribution is -0.149. The van der Waals surface area contributed by atoms with Crippen LogP contribution in [0.25, 0.3) is 32.2 Å². The first kappa shape index (κ1) is 79.2. The molecule has 0 aliphatic carbocycles. The first-order valence-corrected chi connectivity index (χ1v) is 35.3. The van der Waals surface area contributed by atoms with Crippen LogP contribution >= 0.6 is 7.75 Å². The van der Waals surface area contributed by atoms with Gasteiger partial charge in [-0.25, -0.2) is 28.4 Å². The number of rotatable bonds is 29. The number of hydrogen-bond acceptors (Lipinski definition) is 19. The molecule has 0 saturated carbocycles. The summed E-state index contributed by atoms with van der Waals surface area (Å²) in [7, 11) is -1.35. The summed E-state index contributed by atoms with van der Waals surface area (Å²) >= 11 is 0. The van der Waals surface area contributed by atoms with Crippen molar-refractivity contribution >= 4 is 71.5 Å². The third-order valence-corrected chi connectivity index (χ3v) is 16.8. The highest BCUT2D eigenvalue weighted by Gasteiger charge is 2.34. The zero-order valence-corrected chi connectivity index (χ0v) is 60.5. The second-order valence-corrected chi connectivity index (χ2v) is 27.4. The minimum absolute atomic E-state index is 0.0547. The number of nitrogens with zero attached hydrogens (tertiary/aromatic N) is 9. The third kappa shape index (κ3) is 24.6. The maximum atomic E-state index is 13.6. The molecule has 0 aliphatic heterocycles. The summed E-state index contributed by atoms with van der Waals surface area (Å²) in [6.07, 6.45) is 6.52. The van der Waals surface area contributed by atoms with E-state index in [1.165, 1.54) is 28.0 Å². The zero-order chi connectivity index (χ0) is 74.5. The van der Waals surface area contributed by atoms with Gasteiger partial charge in [-0.15, -0.1) is 5.10 Å². The van der Waals surface area contributed by atoms with E-state index in [1.54, 1.807) is 99.9 Å². The Morgan fingerprint density at radius 1 is 0.573 bits per heavy atom. The van der Waals surface area contributed by atoms with Crippen LogP contribution in [0, 0.1) is 5.92 Å². The molecule has 9 rings (SSSR count). The summed E-state index contributed by atoms with van der Waals surface area (Å²) in [6, 6.07) is 48.6. The van der Waals surface area contributed by atoms with Crippen molar-refractivity contribution in [2.45, 2.75) is 162 Å². The van der Waals surface area contributed by atoms with E-state index in [4.69, 9.17) is 43.0 Å². The fourth-order valence-electron chi connectivity index (χ4n) is 10.8. The zero-order valence-electron chi connectivity index (χ0n) is 59.6. The van der Waals surface area contributed by atoms with Crippen molar-refractivity contribution in [3.8, 4) is 11.5 Å². The van der Waals surface area contributed by atoms with Gasteiger partial charge in [0.25, 0.3) is 0 Å². The number of tetrazole rings is 1. The van der Waals surface area contributed by atoms with Crippen molar-refractivity contribution in [3.63, 3.8) is 0 Å². The maximum absolute atomic E-state index is 13.6. The van der Waals surface area contributed by atoms with E-state index in [-0.39, 0.29) is 32.5 Å². The summed E-state index contributed by atoms with van der Waals surface area (Å²) in [6.45, 7) is 15.0. The summed E-state index contributed by atoms with van der Waals surface area (Å²) in [4.78, 5) is 96.7. The lowest BCUT2D eigenvalue weighted by Crippen LogP contribution is -2.45. The molecule has 0 radical (unpaired) electrons. The first-order valence-electron chi connectivity index (χ1n) is 33.8. The van der Waals surface area contributed by atoms with Crippen LogP contribution in [-0.2, 0) is 83.0 Å². The average molecular weight is 1430 g/mol. The molecular weight excluding hydrogens is 1340 g/mol. The van der Waals surface area contributed by atoms with E-state index in [0.717, 1.165) is 46.7 Å². The van der Waals surface area contributed by atoms with Gasteiger partial charge < -0.3 is 42.8 Å². The van der Waals surface area contributed by atoms with Gasteiger partial charge in [-0.3, -0.25) is 23.5 Å². The van der Waals surface area contributed by atoms with Gasteiger partial charge in [0.2, 0.25) is 5.91 Å². The SMILES string of the molecule is CCCC[C@@H](C(=O)OC)n1nnnc1[C@@H](CC(=O)OCc1ccccc1)Cc1cn(C(=O)OC(C)(C)C)c2ccccc12.CCCC[C@H](NC(=O)C(CC(=O)OCc1ccccc1)Cc1cn(C(=O)OC(C)(C)C)c2ccccc12)C(=O)OC.[N-]=[N+]=NP(=O)(Oc1ccccc1)Oc1ccccc1. The molecule has 6 aromatic carbocycles. The van der Waals surface area contributed by atoms with E-state index in [1.807, 2.05) is 138 Å². The lowest BCUT2D eigenvalue weighted by Gasteiger charge is -2.21. The van der Waals surface area contributed by atoms with Crippen LogP contribution in [0.3, 0.4) is 0 Å². The van der Waals surface area contributed by atoms with Gasteiger partial charge in [-0.1, -0.05) is 173 Å². The van der Waals surface area contributed by atoms with E-state index in [2.05, 4.69) is 30.6 Å². The Labute approximate surface area is 598 Å². The Morgan fingerprint density at radius 3 is 1.47 bits per heavy atom. The van der Waals surface area contributed by atoms with Gasteiger partial charge in [0.15, 0.2) is 11.9 Å². The standard InChI is InChI=1S/C32H39N5O6.C32H40N2O7.C12H10N3O3P/c1-6-7-16-27(30(39)41-5)37-29(33-34-35-37)23(19-28(38)42-21-22-13-9-8-10-14-22)18-24-20-36(31(40)43-32(2,3)4)26-17-12-11-15-25(24)26;1-6-7-16-26(30(37)39-5)33-29(36)23(19-28(35)40-21-22-13-9-8-10-14-22)18-24-20-34(31(38)41-32(2,3)4)27-17-12-11-15-25(24)27;13-14-15-19(16,17-11-7-3-1-4-8-11)18-12-9-5-2-6-10-12/h8-15,17,20,23,27H,6-7,16,18-19,21H2,1-5H3;8-15,17,20,23,26H,6-7,16,18-19,21H2,1-5H3,(H,33,36);1-10H/t23-,27+;23?,26-;/m10./s1. The molecule has 0 spiro atoms. The van der Waals surface area contributed by atoms with Gasteiger partial charge in [0, 0.05) is 38.9 Å². The lowest BCUT2D eigenvalue weighted by atomic mass is 9.94. The van der Waals surface area contributed by atoms with Crippen LogP contribution in [-0.4, -0.2) is 103 Å². The number of carbonyl (C=O) groups excluding carboxylic acids is 7. The number of aromatic nitrogens is 6. The molecular formula is C76H89N10O16P. The fourth-order valence-corrected chi connectivity index (χ4v) is 11.8. The number of para-hydroxylation sites is 4. The van der Waals surface area contributed by atoms with Crippen LogP contribution < -0.4 is 14.4 Å². The highest BCUT2D eigenvalue weighted by Crippen LogP contribution is 2.50. The molecule has 544 valence electrons. The number of unbranched alkanes of at least 4 members (excludes halogenated alkanes) is 2. The maximum Gasteiger partial charge on any atom is 0.525 e. The predicted molar refractivity (Wildman–Crippen MR) is 385 cm³/mol. The summed E-state index contributed by atoms with van der Waals surface area (Å²) in [5.41, 5.74) is 11.6. The monoisotopic (exact) mass is 1430 g/mol. The van der Waals surface area contributed by atoms with Crippen LogP contribution in [0.2, 0.25) is 0 Å². The Hall–Kier alpha value is -11.1. The molecule has 1 unspecified atom stereocenters. The minimum atomic E-state index is -3.95. The number of ether oxygens (including phenoxy) is 6. The quantitative estimate of drug-likeness (QED) is 0.0114. The average Bonchev–Trinajstić information content (AvgIpc) is 1.65. The van der Waals surface area contributed by atoms with Crippen molar-refractivity contribution in [1.29, 1.82) is 0 Å². The number of esters is 4. The van der Waals surface area contributed by atoms with Gasteiger partial charge in [-0.05, 0) is 142 Å². The van der Waals surface area contributed by atoms with Crippen molar-refractivity contribution in [3.05, 3.63) is 221 Å². The molecule has 1 N–H and O–H groups in total. The van der Waals surface area contributed by atoms with Crippen molar-refractivity contribution in [2.24, 2.45) is 10.8 Å². The van der Waals surface area contributed by atoms with Crippen LogP contribution in [0.4, 0.5) is 9.59 Å². The normalized spacial score (nSPS) is 12.4. The summed E-state index contributed by atoms with van der Waals surface area (Å²) in [5.74, 6) is -2.96. The highest BCUT2D eigenvalue weighted by molar-refractivity contribution is 7.53. The van der Waals surface area contributed by atoms with Gasteiger partial charge in [-0.2, -0.15) is 0 Å². The molecule has 4 atom stereocenters. The number of amides is 1. The molecule has 0 bridgehead atoms. The molecule has 9 aromatic rings. The Bertz CT molecular complexity index is 4310. The molecule has 27 heteroatoms. The number of benzene rings is 6. The van der Waals surface area contributed by atoms with E-state index < -0.39 is 84.8 Å². The van der Waals surface area contributed by atoms with Crippen LogP contribution in [0.1, 0.15) is 147 Å². The minimum Gasteiger partial charge on any atom is -0.467 e. The Balaban J connectivity index is 0.000000231. The third-order valence-electron chi connectivity index (χ3n) is 15.6. The van der Waals surface area contributed by atoms with Crippen LogP contribution in [0.5, 0.6) is 11.5 Å². The largest absolute Gasteiger partial charge is 0.525 e. The van der Waals surface area contributed by atoms with Crippen molar-refractivity contribution < 1.29 is 75.6 Å². The summed E-state index contributed by atoms with van der Waals surface area (Å²) < 4.78 is 59.3. The Morgan fingerprint density at radius 2 is 1.01 bits per heavy atom. The molecule has 26 nitrogen and oxygen atoms in total. The number of carbonyl (C=O) groups is 7. The van der Waals surface area contributed by atoms with Gasteiger partial charge in [0.05, 0.1) is 44.0 Å². The highest BCUT2D eigenvalue weighted by atomic mass is 31.2. The van der Waals surface area contributed by atoms with E-state index in [9.17, 15) is 38.1 Å². The smallest absolute Gasteiger partial charge is 0.467 e. The molecule has 0 saturated heterocycles. The molecule has 103 heavy (non-hydrogen) atoms. The van der Waals surface area contributed by atoms with Gasteiger partial charge in [0.1, 0.15) is 42.0 Å². The fraction of sp³-hybridized carbons (Fsp3) is 0.368. The molecule has 0 fully saturated rings. The van der Waals surface area contributed by atoms with E-state index in [0.29, 0.717) is 59.6 Å². The summed E-state index contributed by atoms with van der Waals surface area (Å²) in [5, 5.41) is 16.7. The van der Waals surface area contributed by atoms with Crippen molar-refractivity contribution in [2.75, 3.05) is 14.2 Å². The van der Waals surface area contributed by atoms with Crippen molar-refractivity contribution in [1.82, 2.24) is 34.7 Å². The number of azide groups is 1. The topological polar surface area (TPSA) is 325 Å². The number of hydrogen-bond donors (Lipinski definition) is 1. The second kappa shape index (κ2) is 38.6. The predicted octanol–water partition coefficient (Wildman–Crippen LogP) is 15.9. The molecule has 3 heterocycles. The molecule has 1 amide bonds. The number of nitrogens with one attached hydrogen (secondary N) is 1. The molecule has 0 aliphatic rings. The van der Waals surface area contributed by atoms with E-state index >= 15 is 0 Å². The second-order valence-electron chi connectivity index (χ2n) is 25.9. The molecule has 3 aromatic heterocycles.